The maximum Gasteiger partial charge on any atom is 0.136 e. The number of para-hydroxylation sites is 1. The fourth-order valence-corrected chi connectivity index (χ4v) is 7.48. The molecule has 0 aliphatic heterocycles. The molecular weight excluding hydrogens is 504 g/mol. The molecule has 0 atom stereocenters. The van der Waals surface area contributed by atoms with Crippen molar-refractivity contribution in [1.29, 1.82) is 0 Å². The van der Waals surface area contributed by atoms with E-state index in [-0.39, 0.29) is 0 Å². The van der Waals surface area contributed by atoms with Crippen LogP contribution in [0.3, 0.4) is 0 Å². The molecule has 0 bridgehead atoms. The van der Waals surface area contributed by atoms with Gasteiger partial charge in [0.25, 0.3) is 0 Å². The molecule has 0 amide bonds. The normalized spacial score (nSPS) is 12.0. The molecule has 9 aromatic rings. The summed E-state index contributed by atoms with van der Waals surface area (Å²) in [5, 5.41) is 13.6. The van der Waals surface area contributed by atoms with Crippen molar-refractivity contribution in [2.24, 2.45) is 0 Å². The predicted octanol–water partition coefficient (Wildman–Crippen LogP) is 11.6. The molecule has 7 aromatic carbocycles. The van der Waals surface area contributed by atoms with Crippen LogP contribution in [0.15, 0.2) is 137 Å². The number of benzene rings is 7. The number of thiophene rings is 1. The highest BCUT2D eigenvalue weighted by Crippen LogP contribution is 2.47. The van der Waals surface area contributed by atoms with E-state index in [1.165, 1.54) is 70.0 Å². The Balaban J connectivity index is 1.40. The Morgan fingerprint density at radius 1 is 0.425 bits per heavy atom. The quantitative estimate of drug-likeness (QED) is 0.204. The second-order valence-corrected chi connectivity index (χ2v) is 11.4. The van der Waals surface area contributed by atoms with Gasteiger partial charge in [0.2, 0.25) is 0 Å². The molecular formula is C38H22OS. The lowest BCUT2D eigenvalue weighted by molar-refractivity contribution is 0.669. The van der Waals surface area contributed by atoms with Crippen molar-refractivity contribution in [1.82, 2.24) is 0 Å². The standard InChI is InChI=1S/C38H22OS/c1-2-10-24-19-25(18-17-23(24)9-1)37-27-12-3-5-14-29(27)38(30-15-6-4-13-28(30)37)33-22-40-36-21-35-31(20-32(33)36)26-11-7-8-16-34(26)39-35/h1-22H. The van der Waals surface area contributed by atoms with Crippen molar-refractivity contribution in [2.45, 2.75) is 0 Å². The molecule has 0 saturated heterocycles. The van der Waals surface area contributed by atoms with Gasteiger partial charge in [0.15, 0.2) is 0 Å². The van der Waals surface area contributed by atoms with Crippen LogP contribution in [0.4, 0.5) is 0 Å². The number of fused-ring (bicyclic) bond motifs is 7. The molecule has 0 unspecified atom stereocenters. The Bertz CT molecular complexity index is 2380. The first-order valence-electron chi connectivity index (χ1n) is 13.6. The van der Waals surface area contributed by atoms with Crippen molar-refractivity contribution in [3.8, 4) is 22.3 Å². The molecule has 0 aliphatic rings. The van der Waals surface area contributed by atoms with Crippen LogP contribution in [0.1, 0.15) is 0 Å². The highest BCUT2D eigenvalue weighted by molar-refractivity contribution is 7.17. The fraction of sp³-hybridized carbons (Fsp3) is 0. The molecule has 9 rings (SSSR count). The Hall–Kier alpha value is -4.92. The summed E-state index contributed by atoms with van der Waals surface area (Å²) in [6, 6.07) is 46.2. The minimum Gasteiger partial charge on any atom is -0.456 e. The Morgan fingerprint density at radius 3 is 1.80 bits per heavy atom. The van der Waals surface area contributed by atoms with E-state index < -0.39 is 0 Å². The van der Waals surface area contributed by atoms with Crippen LogP contribution in [0.25, 0.3) is 86.6 Å². The van der Waals surface area contributed by atoms with Crippen LogP contribution in [0, 0.1) is 0 Å². The van der Waals surface area contributed by atoms with E-state index in [1.807, 2.05) is 6.07 Å². The Labute approximate surface area is 234 Å². The van der Waals surface area contributed by atoms with Crippen LogP contribution in [-0.2, 0) is 0 Å². The van der Waals surface area contributed by atoms with Crippen LogP contribution in [0.5, 0.6) is 0 Å². The monoisotopic (exact) mass is 526 g/mol. The minimum absolute atomic E-state index is 0.937. The molecule has 2 heterocycles. The molecule has 2 aromatic heterocycles. The van der Waals surface area contributed by atoms with Crippen molar-refractivity contribution >= 4 is 75.7 Å². The van der Waals surface area contributed by atoms with Crippen molar-refractivity contribution in [3.63, 3.8) is 0 Å². The summed E-state index contributed by atoms with van der Waals surface area (Å²) in [6.45, 7) is 0. The van der Waals surface area contributed by atoms with Gasteiger partial charge in [-0.1, -0.05) is 103 Å². The average molecular weight is 527 g/mol. The molecule has 2 heteroatoms. The van der Waals surface area contributed by atoms with E-state index in [9.17, 15) is 0 Å². The first-order valence-corrected chi connectivity index (χ1v) is 14.5. The third-order valence-corrected chi connectivity index (χ3v) is 9.26. The highest BCUT2D eigenvalue weighted by Gasteiger charge is 2.20. The molecule has 0 spiro atoms. The molecule has 186 valence electrons. The minimum atomic E-state index is 0.937. The Kier molecular flexibility index (Phi) is 4.55. The van der Waals surface area contributed by atoms with Crippen LogP contribution >= 0.6 is 11.3 Å². The number of rotatable bonds is 2. The van der Waals surface area contributed by atoms with Gasteiger partial charge >= 0.3 is 0 Å². The highest BCUT2D eigenvalue weighted by atomic mass is 32.1. The molecule has 0 N–H and O–H groups in total. The van der Waals surface area contributed by atoms with Gasteiger partial charge < -0.3 is 4.42 Å². The third kappa shape index (κ3) is 3.08. The van der Waals surface area contributed by atoms with E-state index in [0.717, 1.165) is 16.6 Å². The Morgan fingerprint density at radius 2 is 1.05 bits per heavy atom. The SMILES string of the molecule is c1ccc2cc(-c3c4ccccc4c(-c4csc5cc6oc7ccccc7c6cc45)c4ccccc34)ccc2c1. The zero-order valence-electron chi connectivity index (χ0n) is 21.5. The lowest BCUT2D eigenvalue weighted by Gasteiger charge is -2.17. The molecule has 0 aliphatic carbocycles. The van der Waals surface area contributed by atoms with E-state index in [2.05, 4.69) is 127 Å². The largest absolute Gasteiger partial charge is 0.456 e. The molecule has 0 radical (unpaired) electrons. The zero-order valence-corrected chi connectivity index (χ0v) is 22.3. The maximum absolute atomic E-state index is 6.22. The number of hydrogen-bond acceptors (Lipinski definition) is 2. The first-order chi connectivity index (χ1) is 19.8. The van der Waals surface area contributed by atoms with Gasteiger partial charge in [-0.05, 0) is 78.7 Å². The lowest BCUT2D eigenvalue weighted by Crippen LogP contribution is -1.90. The molecule has 0 saturated carbocycles. The van der Waals surface area contributed by atoms with Gasteiger partial charge in [0.05, 0.1) is 0 Å². The third-order valence-electron chi connectivity index (χ3n) is 8.31. The van der Waals surface area contributed by atoms with Crippen LogP contribution in [0.2, 0.25) is 0 Å². The first kappa shape index (κ1) is 22.0. The number of furan rings is 1. The summed E-state index contributed by atoms with van der Waals surface area (Å²) in [7, 11) is 0. The molecule has 40 heavy (non-hydrogen) atoms. The topological polar surface area (TPSA) is 13.1 Å². The van der Waals surface area contributed by atoms with Gasteiger partial charge in [-0.15, -0.1) is 11.3 Å². The van der Waals surface area contributed by atoms with Gasteiger partial charge in [-0.25, -0.2) is 0 Å². The maximum atomic E-state index is 6.22. The van der Waals surface area contributed by atoms with E-state index in [0.29, 0.717) is 0 Å². The van der Waals surface area contributed by atoms with Gasteiger partial charge in [0, 0.05) is 26.4 Å². The molecule has 1 nitrogen and oxygen atoms in total. The van der Waals surface area contributed by atoms with E-state index in [1.54, 1.807) is 11.3 Å². The summed E-state index contributed by atoms with van der Waals surface area (Å²) in [4.78, 5) is 0. The summed E-state index contributed by atoms with van der Waals surface area (Å²) < 4.78 is 7.46. The van der Waals surface area contributed by atoms with Crippen LogP contribution in [-0.4, -0.2) is 0 Å². The van der Waals surface area contributed by atoms with Crippen LogP contribution < -0.4 is 0 Å². The second kappa shape index (κ2) is 8.29. The average Bonchev–Trinajstić information content (AvgIpc) is 3.59. The predicted molar refractivity (Wildman–Crippen MR) is 172 cm³/mol. The summed E-state index contributed by atoms with van der Waals surface area (Å²) in [5.41, 5.74) is 7.01. The second-order valence-electron chi connectivity index (χ2n) is 10.5. The number of hydrogen-bond donors (Lipinski definition) is 0. The van der Waals surface area contributed by atoms with Crippen molar-refractivity contribution < 1.29 is 4.42 Å². The van der Waals surface area contributed by atoms with Crippen molar-refractivity contribution in [3.05, 3.63) is 133 Å². The van der Waals surface area contributed by atoms with Gasteiger partial charge in [-0.3, -0.25) is 0 Å². The van der Waals surface area contributed by atoms with E-state index in [4.69, 9.17) is 4.42 Å². The van der Waals surface area contributed by atoms with Gasteiger partial charge in [0.1, 0.15) is 11.2 Å². The summed E-state index contributed by atoms with van der Waals surface area (Å²) in [6.07, 6.45) is 0. The zero-order chi connectivity index (χ0) is 26.2. The summed E-state index contributed by atoms with van der Waals surface area (Å²) in [5.74, 6) is 0. The molecule has 0 fully saturated rings. The smallest absolute Gasteiger partial charge is 0.136 e. The summed E-state index contributed by atoms with van der Waals surface area (Å²) >= 11 is 1.79. The van der Waals surface area contributed by atoms with Crippen molar-refractivity contribution in [2.75, 3.05) is 0 Å². The van der Waals surface area contributed by atoms with E-state index >= 15 is 0 Å². The fourth-order valence-electron chi connectivity index (χ4n) is 6.51. The lowest BCUT2D eigenvalue weighted by atomic mass is 9.85. The van der Waals surface area contributed by atoms with Gasteiger partial charge in [-0.2, -0.15) is 0 Å².